The average molecular weight is 477 g/mol. The standard InChI is InChI=1S/C22H22BrFN2O4/c1-3-9-26-21(27)18(25-22(26)28)10-15-11-19(29-4-2)20(12-16(15)23)30-13-14-7-5-6-8-17(14)24/h5-8,10-12H,3-4,9,13H2,1-2H3,(H,25,28)/b18-10+. The van der Waals surface area contributed by atoms with E-state index in [2.05, 4.69) is 21.2 Å². The summed E-state index contributed by atoms with van der Waals surface area (Å²) in [5.74, 6) is 0.171. The summed E-state index contributed by atoms with van der Waals surface area (Å²) in [5, 5.41) is 2.60. The third-order valence-electron chi connectivity index (χ3n) is 4.41. The molecule has 1 aliphatic rings. The molecule has 3 amide bonds. The van der Waals surface area contributed by atoms with Crippen molar-refractivity contribution in [3.63, 3.8) is 0 Å². The van der Waals surface area contributed by atoms with E-state index in [1.54, 1.807) is 36.4 Å². The first-order valence-corrected chi connectivity index (χ1v) is 10.4. The van der Waals surface area contributed by atoms with Crippen LogP contribution < -0.4 is 14.8 Å². The molecule has 1 fully saturated rings. The van der Waals surface area contributed by atoms with E-state index in [1.807, 2.05) is 13.8 Å². The largest absolute Gasteiger partial charge is 0.490 e. The highest BCUT2D eigenvalue weighted by Crippen LogP contribution is 2.35. The molecule has 0 aromatic heterocycles. The van der Waals surface area contributed by atoms with Crippen molar-refractivity contribution in [1.82, 2.24) is 10.2 Å². The highest BCUT2D eigenvalue weighted by Gasteiger charge is 2.32. The zero-order valence-electron chi connectivity index (χ0n) is 16.7. The molecule has 2 aromatic rings. The molecule has 0 spiro atoms. The predicted molar refractivity (Wildman–Crippen MR) is 115 cm³/mol. The van der Waals surface area contributed by atoms with Gasteiger partial charge in [-0.15, -0.1) is 0 Å². The lowest BCUT2D eigenvalue weighted by atomic mass is 10.1. The van der Waals surface area contributed by atoms with Crippen LogP contribution in [0.5, 0.6) is 11.5 Å². The molecule has 1 heterocycles. The van der Waals surface area contributed by atoms with Crippen LogP contribution in [0, 0.1) is 5.82 Å². The average Bonchev–Trinajstić information content (AvgIpc) is 2.98. The Morgan fingerprint density at radius 3 is 2.57 bits per heavy atom. The topological polar surface area (TPSA) is 67.9 Å². The van der Waals surface area contributed by atoms with Crippen LogP contribution in [0.25, 0.3) is 6.08 Å². The molecule has 0 radical (unpaired) electrons. The summed E-state index contributed by atoms with van der Waals surface area (Å²) in [6.45, 7) is 4.53. The van der Waals surface area contributed by atoms with Gasteiger partial charge >= 0.3 is 6.03 Å². The van der Waals surface area contributed by atoms with E-state index in [-0.39, 0.29) is 24.0 Å². The van der Waals surface area contributed by atoms with Gasteiger partial charge in [0.2, 0.25) is 0 Å². The monoisotopic (exact) mass is 476 g/mol. The number of amides is 3. The Hall–Kier alpha value is -2.87. The van der Waals surface area contributed by atoms with Gasteiger partial charge in [-0.1, -0.05) is 41.1 Å². The van der Waals surface area contributed by atoms with Crippen LogP contribution in [0.2, 0.25) is 0 Å². The second-order valence-electron chi connectivity index (χ2n) is 6.58. The van der Waals surface area contributed by atoms with Crippen LogP contribution in [0.1, 0.15) is 31.4 Å². The van der Waals surface area contributed by atoms with E-state index in [0.717, 1.165) is 0 Å². The van der Waals surface area contributed by atoms with Crippen LogP contribution >= 0.6 is 15.9 Å². The summed E-state index contributed by atoms with van der Waals surface area (Å²) >= 11 is 3.47. The number of urea groups is 1. The number of hydrogen-bond donors (Lipinski definition) is 1. The van der Waals surface area contributed by atoms with Crippen molar-refractivity contribution >= 4 is 33.9 Å². The maximum atomic E-state index is 13.9. The molecule has 0 aliphatic carbocycles. The van der Waals surface area contributed by atoms with E-state index in [1.165, 1.54) is 11.0 Å². The Kier molecular flexibility index (Phi) is 7.10. The van der Waals surface area contributed by atoms with Crippen LogP contribution in [-0.2, 0) is 11.4 Å². The molecule has 0 atom stereocenters. The van der Waals surface area contributed by atoms with Gasteiger partial charge in [0, 0.05) is 16.6 Å². The molecular formula is C22H22BrFN2O4. The molecule has 1 N–H and O–H groups in total. The number of carbonyl (C=O) groups is 2. The molecule has 1 saturated heterocycles. The first-order chi connectivity index (χ1) is 14.4. The van der Waals surface area contributed by atoms with Gasteiger partial charge in [-0.2, -0.15) is 0 Å². The third-order valence-corrected chi connectivity index (χ3v) is 5.10. The van der Waals surface area contributed by atoms with E-state index in [0.29, 0.717) is 46.7 Å². The van der Waals surface area contributed by atoms with Gasteiger partial charge in [0.25, 0.3) is 5.91 Å². The number of nitrogens with zero attached hydrogens (tertiary/aromatic N) is 1. The SMILES string of the molecule is CCCN1C(=O)N/C(=C/c2cc(OCC)c(OCc3ccccc3F)cc2Br)C1=O. The number of hydrogen-bond acceptors (Lipinski definition) is 4. The van der Waals surface area contributed by atoms with Crippen molar-refractivity contribution in [3.05, 3.63) is 63.5 Å². The fourth-order valence-corrected chi connectivity index (χ4v) is 3.40. The van der Waals surface area contributed by atoms with Crippen molar-refractivity contribution < 1.29 is 23.5 Å². The van der Waals surface area contributed by atoms with Gasteiger partial charge in [-0.05, 0) is 43.2 Å². The van der Waals surface area contributed by atoms with Gasteiger partial charge in [0.15, 0.2) is 11.5 Å². The maximum absolute atomic E-state index is 13.9. The zero-order chi connectivity index (χ0) is 21.7. The number of nitrogens with one attached hydrogen (secondary N) is 1. The molecule has 2 aromatic carbocycles. The van der Waals surface area contributed by atoms with Crippen LogP contribution in [0.4, 0.5) is 9.18 Å². The summed E-state index contributed by atoms with van der Waals surface area (Å²) in [7, 11) is 0. The normalized spacial score (nSPS) is 14.9. The number of rotatable bonds is 8. The van der Waals surface area contributed by atoms with Crippen molar-refractivity contribution in [2.75, 3.05) is 13.2 Å². The fraction of sp³-hybridized carbons (Fsp3) is 0.273. The van der Waals surface area contributed by atoms with Crippen molar-refractivity contribution in [1.29, 1.82) is 0 Å². The molecule has 6 nitrogen and oxygen atoms in total. The minimum Gasteiger partial charge on any atom is -0.490 e. The molecule has 8 heteroatoms. The lowest BCUT2D eigenvalue weighted by molar-refractivity contribution is -0.122. The molecule has 0 bridgehead atoms. The number of benzene rings is 2. The van der Waals surface area contributed by atoms with Crippen LogP contribution in [0.3, 0.4) is 0 Å². The summed E-state index contributed by atoms with van der Waals surface area (Å²) in [4.78, 5) is 25.6. The molecule has 158 valence electrons. The Balaban J connectivity index is 1.87. The predicted octanol–water partition coefficient (Wildman–Crippen LogP) is 4.87. The summed E-state index contributed by atoms with van der Waals surface area (Å²) < 4.78 is 26.0. The van der Waals surface area contributed by atoms with E-state index >= 15 is 0 Å². The minimum atomic E-state index is -0.431. The first kappa shape index (κ1) is 21.8. The molecule has 1 aliphatic heterocycles. The first-order valence-electron chi connectivity index (χ1n) is 9.61. The molecule has 3 rings (SSSR count). The van der Waals surface area contributed by atoms with Gasteiger partial charge in [-0.3, -0.25) is 9.69 Å². The van der Waals surface area contributed by atoms with Crippen molar-refractivity contribution in [3.8, 4) is 11.5 Å². The second kappa shape index (κ2) is 9.75. The Bertz CT molecular complexity index is 993. The van der Waals surface area contributed by atoms with Gasteiger partial charge in [0.1, 0.15) is 18.1 Å². The Morgan fingerprint density at radius 1 is 1.13 bits per heavy atom. The zero-order valence-corrected chi connectivity index (χ0v) is 18.3. The number of halogens is 2. The Morgan fingerprint density at radius 2 is 1.87 bits per heavy atom. The number of ether oxygens (including phenoxy) is 2. The lowest BCUT2D eigenvalue weighted by Crippen LogP contribution is -2.31. The highest BCUT2D eigenvalue weighted by molar-refractivity contribution is 9.10. The number of carbonyl (C=O) groups excluding carboxylic acids is 2. The smallest absolute Gasteiger partial charge is 0.329 e. The second-order valence-corrected chi connectivity index (χ2v) is 7.43. The van der Waals surface area contributed by atoms with Crippen LogP contribution in [-0.4, -0.2) is 30.0 Å². The molecule has 30 heavy (non-hydrogen) atoms. The van der Waals surface area contributed by atoms with Gasteiger partial charge in [0.05, 0.1) is 6.61 Å². The van der Waals surface area contributed by atoms with E-state index < -0.39 is 6.03 Å². The van der Waals surface area contributed by atoms with Gasteiger partial charge < -0.3 is 14.8 Å². The summed E-state index contributed by atoms with van der Waals surface area (Å²) in [5.41, 5.74) is 1.26. The minimum absolute atomic E-state index is 0.0418. The van der Waals surface area contributed by atoms with Gasteiger partial charge in [-0.25, -0.2) is 9.18 Å². The molecule has 0 unspecified atom stereocenters. The Labute approximate surface area is 182 Å². The maximum Gasteiger partial charge on any atom is 0.329 e. The third kappa shape index (κ3) is 4.81. The quantitative estimate of drug-likeness (QED) is 0.435. The summed E-state index contributed by atoms with van der Waals surface area (Å²) in [6.07, 6.45) is 2.27. The van der Waals surface area contributed by atoms with Crippen LogP contribution in [0.15, 0.2) is 46.6 Å². The fourth-order valence-electron chi connectivity index (χ4n) is 2.97. The van der Waals surface area contributed by atoms with E-state index in [4.69, 9.17) is 9.47 Å². The molecule has 0 saturated carbocycles. The van der Waals surface area contributed by atoms with Crippen molar-refractivity contribution in [2.24, 2.45) is 0 Å². The summed E-state index contributed by atoms with van der Waals surface area (Å²) in [6, 6.07) is 9.36. The highest BCUT2D eigenvalue weighted by atomic mass is 79.9. The van der Waals surface area contributed by atoms with Crippen molar-refractivity contribution in [2.45, 2.75) is 26.9 Å². The van der Waals surface area contributed by atoms with E-state index in [9.17, 15) is 14.0 Å². The lowest BCUT2D eigenvalue weighted by Gasteiger charge is -2.14. The number of imide groups is 1. The molecular weight excluding hydrogens is 455 g/mol.